The van der Waals surface area contributed by atoms with Gasteiger partial charge >= 0.3 is 0 Å². The third-order valence-corrected chi connectivity index (χ3v) is 2.91. The molecule has 0 unspecified atom stereocenters. The Balaban J connectivity index is 2.80. The minimum Gasteiger partial charge on any atom is -0.494 e. The second-order valence-electron chi connectivity index (χ2n) is 3.38. The van der Waals surface area contributed by atoms with Crippen LogP contribution in [0.1, 0.15) is 5.56 Å². The van der Waals surface area contributed by atoms with E-state index in [1.165, 1.54) is 5.01 Å². The van der Waals surface area contributed by atoms with Crippen molar-refractivity contribution in [3.63, 3.8) is 0 Å². The highest BCUT2D eigenvalue weighted by Gasteiger charge is 2.03. The summed E-state index contributed by atoms with van der Waals surface area (Å²) >= 11 is 2.27. The van der Waals surface area contributed by atoms with E-state index in [4.69, 9.17) is 4.74 Å². The van der Waals surface area contributed by atoms with Gasteiger partial charge in [-0.25, -0.2) is 5.01 Å². The number of benzene rings is 1. The molecule has 98 valence electrons. The first kappa shape index (κ1) is 14.7. The number of rotatable bonds is 7. The number of alkyl halides is 1. The molecule has 0 aromatic heterocycles. The van der Waals surface area contributed by atoms with Gasteiger partial charge in [0.05, 0.1) is 7.11 Å². The zero-order chi connectivity index (χ0) is 13.4. The summed E-state index contributed by atoms with van der Waals surface area (Å²) in [5, 5.41) is 9.38. The van der Waals surface area contributed by atoms with Crippen LogP contribution in [0.2, 0.25) is 0 Å². The largest absolute Gasteiger partial charge is 0.494 e. The third-order valence-electron chi connectivity index (χ3n) is 2.03. The lowest BCUT2D eigenvalue weighted by Gasteiger charge is -2.09. The lowest BCUT2D eigenvalue weighted by molar-refractivity contribution is -0.132. The van der Waals surface area contributed by atoms with Gasteiger partial charge in [-0.2, -0.15) is 0 Å². The maximum atomic E-state index is 10.0. The van der Waals surface area contributed by atoms with Crippen LogP contribution in [0.15, 0.2) is 28.5 Å². The summed E-state index contributed by atoms with van der Waals surface area (Å²) in [5.74, 6) is 0.650. The van der Waals surface area contributed by atoms with Crippen molar-refractivity contribution in [3.05, 3.63) is 23.8 Å². The quantitative estimate of drug-likeness (QED) is 0.187. The van der Waals surface area contributed by atoms with E-state index in [2.05, 4.69) is 37.7 Å². The molecular formula is C11H14IN3O3. The predicted molar refractivity (Wildman–Crippen MR) is 75.0 cm³/mol. The van der Waals surface area contributed by atoms with Crippen molar-refractivity contribution in [3.8, 4) is 5.75 Å². The summed E-state index contributed by atoms with van der Waals surface area (Å²) < 4.78 is 10.6. The molecule has 1 rings (SSSR count). The maximum absolute atomic E-state index is 10.0. The lowest BCUT2D eigenvalue weighted by atomic mass is 10.2. The van der Waals surface area contributed by atoms with Crippen molar-refractivity contribution in [2.24, 2.45) is 10.3 Å². The number of nitrogens with zero attached hydrogens (tertiary/aromatic N) is 3. The SMILES string of the molecule is COc1ccc(CI)cc1/N=N/N(C)COC=O. The van der Waals surface area contributed by atoms with Gasteiger partial charge in [-0.15, -0.1) is 5.11 Å². The molecule has 0 aliphatic heterocycles. The topological polar surface area (TPSA) is 63.5 Å². The number of halogens is 1. The van der Waals surface area contributed by atoms with Gasteiger partial charge in [-0.1, -0.05) is 33.9 Å². The first-order valence-electron chi connectivity index (χ1n) is 5.12. The van der Waals surface area contributed by atoms with Crippen LogP contribution in [-0.2, 0) is 14.0 Å². The molecule has 7 heteroatoms. The van der Waals surface area contributed by atoms with E-state index in [-0.39, 0.29) is 6.73 Å². The van der Waals surface area contributed by atoms with Gasteiger partial charge in [0.1, 0.15) is 11.4 Å². The molecule has 0 aliphatic carbocycles. The fourth-order valence-corrected chi connectivity index (χ4v) is 1.66. The molecule has 0 heterocycles. The Bertz CT molecular complexity index is 426. The molecule has 0 saturated heterocycles. The number of hydrogen-bond acceptors (Lipinski definition) is 5. The van der Waals surface area contributed by atoms with Crippen LogP contribution in [0.3, 0.4) is 0 Å². The van der Waals surface area contributed by atoms with Crippen molar-refractivity contribution >= 4 is 34.8 Å². The minimum absolute atomic E-state index is 0.0568. The van der Waals surface area contributed by atoms with Gasteiger partial charge < -0.3 is 9.47 Å². The van der Waals surface area contributed by atoms with E-state index < -0.39 is 0 Å². The Morgan fingerprint density at radius 3 is 2.89 bits per heavy atom. The molecule has 0 radical (unpaired) electrons. The second-order valence-corrected chi connectivity index (χ2v) is 4.14. The first-order chi connectivity index (χ1) is 8.71. The normalized spacial score (nSPS) is 10.4. The predicted octanol–water partition coefficient (Wildman–Crippen LogP) is 2.69. The first-order valence-corrected chi connectivity index (χ1v) is 6.64. The Kier molecular flexibility index (Phi) is 6.40. The van der Waals surface area contributed by atoms with E-state index in [1.807, 2.05) is 18.2 Å². The lowest BCUT2D eigenvalue weighted by Crippen LogP contribution is -2.13. The number of carbonyl (C=O) groups is 1. The van der Waals surface area contributed by atoms with Crippen molar-refractivity contribution in [2.45, 2.75) is 4.43 Å². The van der Waals surface area contributed by atoms with Gasteiger partial charge in [0, 0.05) is 11.5 Å². The fourth-order valence-electron chi connectivity index (χ4n) is 1.19. The Labute approximate surface area is 119 Å². The molecule has 6 nitrogen and oxygen atoms in total. The van der Waals surface area contributed by atoms with Gasteiger partial charge in [0.2, 0.25) is 0 Å². The minimum atomic E-state index is 0.0568. The molecule has 0 N–H and O–H groups in total. The van der Waals surface area contributed by atoms with Crippen LogP contribution in [-0.4, -0.2) is 32.4 Å². The van der Waals surface area contributed by atoms with Crippen molar-refractivity contribution in [1.82, 2.24) is 5.01 Å². The molecule has 0 aliphatic rings. The summed E-state index contributed by atoms with van der Waals surface area (Å²) in [6.07, 6.45) is 0. The summed E-state index contributed by atoms with van der Waals surface area (Å²) in [4.78, 5) is 10.0. The summed E-state index contributed by atoms with van der Waals surface area (Å²) in [6, 6.07) is 5.73. The average Bonchev–Trinajstić information content (AvgIpc) is 2.42. The Hall–Kier alpha value is -1.38. The molecule has 0 saturated carbocycles. The summed E-state index contributed by atoms with van der Waals surface area (Å²) in [7, 11) is 3.24. The molecule has 0 bridgehead atoms. The molecule has 1 aromatic rings. The maximum Gasteiger partial charge on any atom is 0.294 e. The van der Waals surface area contributed by atoms with E-state index >= 15 is 0 Å². The van der Waals surface area contributed by atoms with Gasteiger partial charge in [0.25, 0.3) is 6.47 Å². The van der Waals surface area contributed by atoms with E-state index in [0.717, 1.165) is 9.99 Å². The standard InChI is InChI=1S/C11H14IN3O3/c1-15(7-18-8-16)14-13-10-5-9(6-12)3-4-11(10)17-2/h3-5,8H,6-7H2,1-2H3/b14-13+. The van der Waals surface area contributed by atoms with Crippen molar-refractivity contribution < 1.29 is 14.3 Å². The van der Waals surface area contributed by atoms with Crippen LogP contribution in [0.4, 0.5) is 5.69 Å². The zero-order valence-electron chi connectivity index (χ0n) is 10.2. The summed E-state index contributed by atoms with van der Waals surface area (Å²) in [5.41, 5.74) is 1.78. The average molecular weight is 363 g/mol. The van der Waals surface area contributed by atoms with Crippen LogP contribution in [0.5, 0.6) is 5.75 Å². The van der Waals surface area contributed by atoms with Gasteiger partial charge in [0.15, 0.2) is 6.73 Å². The molecule has 1 aromatic carbocycles. The van der Waals surface area contributed by atoms with Crippen LogP contribution in [0, 0.1) is 0 Å². The van der Waals surface area contributed by atoms with Crippen molar-refractivity contribution in [2.75, 3.05) is 20.9 Å². The zero-order valence-corrected chi connectivity index (χ0v) is 12.3. The molecule has 0 amide bonds. The highest BCUT2D eigenvalue weighted by atomic mass is 127. The van der Waals surface area contributed by atoms with Crippen LogP contribution < -0.4 is 4.74 Å². The van der Waals surface area contributed by atoms with E-state index in [1.54, 1.807) is 14.2 Å². The van der Waals surface area contributed by atoms with E-state index in [9.17, 15) is 4.79 Å². The van der Waals surface area contributed by atoms with E-state index in [0.29, 0.717) is 17.9 Å². The smallest absolute Gasteiger partial charge is 0.294 e. The Morgan fingerprint density at radius 1 is 1.50 bits per heavy atom. The van der Waals surface area contributed by atoms with Crippen LogP contribution >= 0.6 is 22.6 Å². The monoisotopic (exact) mass is 363 g/mol. The molecular weight excluding hydrogens is 349 g/mol. The van der Waals surface area contributed by atoms with Gasteiger partial charge in [-0.05, 0) is 17.7 Å². The molecule has 0 fully saturated rings. The van der Waals surface area contributed by atoms with Crippen molar-refractivity contribution in [1.29, 1.82) is 0 Å². The van der Waals surface area contributed by atoms with Gasteiger partial charge in [-0.3, -0.25) is 4.79 Å². The molecule has 18 heavy (non-hydrogen) atoms. The van der Waals surface area contributed by atoms with Crippen LogP contribution in [0.25, 0.3) is 0 Å². The number of carbonyl (C=O) groups excluding carboxylic acids is 1. The highest BCUT2D eigenvalue weighted by molar-refractivity contribution is 14.1. The summed E-state index contributed by atoms with van der Waals surface area (Å²) in [6.45, 7) is 0.421. The number of methoxy groups -OCH3 is 1. The second kappa shape index (κ2) is 7.85. The Morgan fingerprint density at radius 2 is 2.28 bits per heavy atom. The number of ether oxygens (including phenoxy) is 2. The highest BCUT2D eigenvalue weighted by Crippen LogP contribution is 2.29. The molecule has 0 atom stereocenters. The number of hydrogen-bond donors (Lipinski definition) is 0. The third kappa shape index (κ3) is 4.47. The fraction of sp³-hybridized carbons (Fsp3) is 0.364. The molecule has 0 spiro atoms.